The molecule has 0 spiro atoms. The molecule has 0 aromatic carbocycles. The fourth-order valence-electron chi connectivity index (χ4n) is 0.955. The summed E-state index contributed by atoms with van der Waals surface area (Å²) in [5, 5.41) is 8.75. The van der Waals surface area contributed by atoms with Crippen LogP contribution >= 0.6 is 0 Å². The number of rotatable bonds is 2. The van der Waals surface area contributed by atoms with Crippen LogP contribution in [0.3, 0.4) is 0 Å². The molecule has 0 radical (unpaired) electrons. The van der Waals surface area contributed by atoms with Crippen LogP contribution in [0.4, 0.5) is 0 Å². The van der Waals surface area contributed by atoms with Gasteiger partial charge in [-0.15, -0.1) is 0 Å². The molecule has 2 heterocycles. The normalized spacial score (nSPS) is 10.4. The molecule has 5 nitrogen and oxygen atoms in total. The first-order chi connectivity index (χ1) is 5.90. The lowest BCUT2D eigenvalue weighted by molar-refractivity contribution is 0.277. The molecule has 0 atom stereocenters. The average Bonchev–Trinajstić information content (AvgIpc) is 2.75. The Balaban J connectivity index is 2.35. The molecule has 0 bridgehead atoms. The Morgan fingerprint density at radius 3 is 2.83 bits per heavy atom. The first-order valence-corrected chi connectivity index (χ1v) is 3.54. The van der Waals surface area contributed by atoms with Crippen LogP contribution in [0.15, 0.2) is 18.6 Å². The molecule has 0 unspecified atom stereocenters. The first-order valence-electron chi connectivity index (χ1n) is 3.54. The van der Waals surface area contributed by atoms with E-state index in [9.17, 15) is 0 Å². The number of aromatic amines is 2. The Morgan fingerprint density at radius 2 is 2.25 bits per heavy atom. The predicted molar refractivity (Wildman–Crippen MR) is 42.1 cm³/mol. The summed E-state index contributed by atoms with van der Waals surface area (Å²) in [5.41, 5.74) is 0.682. The van der Waals surface area contributed by atoms with Crippen molar-refractivity contribution in [1.82, 2.24) is 19.9 Å². The highest BCUT2D eigenvalue weighted by Gasteiger charge is 2.03. The third-order valence-electron chi connectivity index (χ3n) is 1.52. The maximum absolute atomic E-state index is 8.75. The Morgan fingerprint density at radius 1 is 1.33 bits per heavy atom. The minimum absolute atomic E-state index is 0.0340. The largest absolute Gasteiger partial charge is 0.390 e. The number of nitrogens with one attached hydrogen (secondary N) is 2. The highest BCUT2D eigenvalue weighted by molar-refractivity contribution is 5.42. The van der Waals surface area contributed by atoms with Gasteiger partial charge >= 0.3 is 0 Å². The van der Waals surface area contributed by atoms with Crippen LogP contribution in [0, 0.1) is 0 Å². The van der Waals surface area contributed by atoms with Gasteiger partial charge in [0.25, 0.3) is 0 Å². The van der Waals surface area contributed by atoms with Crippen molar-refractivity contribution in [3.8, 4) is 11.6 Å². The second kappa shape index (κ2) is 2.78. The van der Waals surface area contributed by atoms with Crippen molar-refractivity contribution in [1.29, 1.82) is 0 Å². The highest BCUT2D eigenvalue weighted by atomic mass is 16.3. The molecular weight excluding hydrogens is 156 g/mol. The zero-order valence-corrected chi connectivity index (χ0v) is 6.28. The third kappa shape index (κ3) is 1.10. The van der Waals surface area contributed by atoms with E-state index in [1.54, 1.807) is 18.6 Å². The Labute approximate surface area is 68.5 Å². The van der Waals surface area contributed by atoms with Gasteiger partial charge in [-0.1, -0.05) is 0 Å². The van der Waals surface area contributed by atoms with Crippen LogP contribution in [0.1, 0.15) is 5.69 Å². The SMILES string of the molecule is OCc1cnc(-c2ncc[nH]2)[nH]1. The van der Waals surface area contributed by atoms with Gasteiger partial charge < -0.3 is 15.1 Å². The molecule has 0 saturated carbocycles. The molecule has 0 aliphatic rings. The minimum atomic E-state index is -0.0340. The van der Waals surface area contributed by atoms with Crippen molar-refractivity contribution >= 4 is 0 Å². The van der Waals surface area contributed by atoms with Crippen molar-refractivity contribution in [3.05, 3.63) is 24.3 Å². The lowest BCUT2D eigenvalue weighted by atomic mass is 10.5. The molecular formula is C7H8N4O. The second-order valence-corrected chi connectivity index (χ2v) is 2.35. The molecule has 2 aromatic heterocycles. The van der Waals surface area contributed by atoms with Crippen LogP contribution in [-0.4, -0.2) is 25.0 Å². The van der Waals surface area contributed by atoms with E-state index in [1.807, 2.05) is 0 Å². The van der Waals surface area contributed by atoms with E-state index in [1.165, 1.54) is 0 Å². The van der Waals surface area contributed by atoms with Crippen LogP contribution in [0.25, 0.3) is 11.6 Å². The van der Waals surface area contributed by atoms with Gasteiger partial charge in [-0.25, -0.2) is 9.97 Å². The standard InChI is InChI=1S/C7H8N4O/c12-4-5-3-10-7(11-5)6-8-1-2-9-6/h1-3,12H,4H2,(H,8,9)(H,10,11). The molecule has 62 valence electrons. The van der Waals surface area contributed by atoms with Gasteiger partial charge in [0.05, 0.1) is 18.5 Å². The second-order valence-electron chi connectivity index (χ2n) is 2.35. The zero-order chi connectivity index (χ0) is 8.39. The van der Waals surface area contributed by atoms with Crippen molar-refractivity contribution in [2.75, 3.05) is 0 Å². The number of H-pyrrole nitrogens is 2. The van der Waals surface area contributed by atoms with Crippen molar-refractivity contribution in [2.24, 2.45) is 0 Å². The van der Waals surface area contributed by atoms with Crippen molar-refractivity contribution in [3.63, 3.8) is 0 Å². The Hall–Kier alpha value is -1.62. The number of aromatic nitrogens is 4. The van der Waals surface area contributed by atoms with Gasteiger partial charge in [0.2, 0.25) is 0 Å². The molecule has 0 saturated heterocycles. The van der Waals surface area contributed by atoms with Gasteiger partial charge in [0, 0.05) is 12.4 Å². The molecule has 12 heavy (non-hydrogen) atoms. The van der Waals surface area contributed by atoms with Gasteiger partial charge in [0.15, 0.2) is 11.6 Å². The van der Waals surface area contributed by atoms with Crippen LogP contribution in [0.2, 0.25) is 0 Å². The molecule has 0 aliphatic carbocycles. The fourth-order valence-corrected chi connectivity index (χ4v) is 0.955. The van der Waals surface area contributed by atoms with E-state index in [2.05, 4.69) is 19.9 Å². The van der Waals surface area contributed by atoms with Gasteiger partial charge in [-0.3, -0.25) is 0 Å². The maximum Gasteiger partial charge on any atom is 0.173 e. The molecule has 0 amide bonds. The predicted octanol–water partition coefficient (Wildman–Crippen LogP) is 0.292. The lowest BCUT2D eigenvalue weighted by Gasteiger charge is -1.88. The number of aliphatic hydroxyl groups is 1. The summed E-state index contributed by atoms with van der Waals surface area (Å²) in [6.45, 7) is -0.0340. The number of nitrogens with zero attached hydrogens (tertiary/aromatic N) is 2. The number of hydrogen-bond acceptors (Lipinski definition) is 3. The molecule has 2 aromatic rings. The van der Waals surface area contributed by atoms with E-state index >= 15 is 0 Å². The van der Waals surface area contributed by atoms with E-state index in [4.69, 9.17) is 5.11 Å². The van der Waals surface area contributed by atoms with Crippen LogP contribution < -0.4 is 0 Å². The molecule has 5 heteroatoms. The quantitative estimate of drug-likeness (QED) is 0.597. The fraction of sp³-hybridized carbons (Fsp3) is 0.143. The first kappa shape index (κ1) is 7.05. The summed E-state index contributed by atoms with van der Waals surface area (Å²) >= 11 is 0. The van der Waals surface area contributed by atoms with Gasteiger partial charge in [0.1, 0.15) is 0 Å². The van der Waals surface area contributed by atoms with Crippen molar-refractivity contribution in [2.45, 2.75) is 6.61 Å². The third-order valence-corrected chi connectivity index (χ3v) is 1.52. The van der Waals surface area contributed by atoms with E-state index in [-0.39, 0.29) is 6.61 Å². The summed E-state index contributed by atoms with van der Waals surface area (Å²) in [7, 11) is 0. The number of imidazole rings is 2. The van der Waals surface area contributed by atoms with Gasteiger partial charge in [-0.05, 0) is 0 Å². The van der Waals surface area contributed by atoms with Crippen LogP contribution in [-0.2, 0) is 6.61 Å². The lowest BCUT2D eigenvalue weighted by Crippen LogP contribution is -1.84. The smallest absolute Gasteiger partial charge is 0.173 e. The van der Waals surface area contributed by atoms with Gasteiger partial charge in [-0.2, -0.15) is 0 Å². The number of hydrogen-bond donors (Lipinski definition) is 3. The summed E-state index contributed by atoms with van der Waals surface area (Å²) in [6, 6.07) is 0. The minimum Gasteiger partial charge on any atom is -0.390 e. The summed E-state index contributed by atoms with van der Waals surface area (Å²) in [6.07, 6.45) is 4.95. The van der Waals surface area contributed by atoms with E-state index in [0.29, 0.717) is 17.3 Å². The van der Waals surface area contributed by atoms with E-state index in [0.717, 1.165) is 0 Å². The highest BCUT2D eigenvalue weighted by Crippen LogP contribution is 2.08. The zero-order valence-electron chi connectivity index (χ0n) is 6.28. The Bertz CT molecular complexity index is 351. The summed E-state index contributed by atoms with van der Waals surface area (Å²) < 4.78 is 0. The summed E-state index contributed by atoms with van der Waals surface area (Å²) in [4.78, 5) is 13.8. The maximum atomic E-state index is 8.75. The molecule has 2 rings (SSSR count). The van der Waals surface area contributed by atoms with Crippen LogP contribution in [0.5, 0.6) is 0 Å². The number of aliphatic hydroxyl groups excluding tert-OH is 1. The molecule has 3 N–H and O–H groups in total. The molecule has 0 fully saturated rings. The molecule has 0 aliphatic heterocycles. The summed E-state index contributed by atoms with van der Waals surface area (Å²) in [5.74, 6) is 1.32. The Kier molecular flexibility index (Phi) is 1.64. The van der Waals surface area contributed by atoms with Crippen molar-refractivity contribution < 1.29 is 5.11 Å². The monoisotopic (exact) mass is 164 g/mol. The topological polar surface area (TPSA) is 77.6 Å². The van der Waals surface area contributed by atoms with E-state index < -0.39 is 0 Å². The average molecular weight is 164 g/mol.